The minimum atomic E-state index is 0.0915. The fourth-order valence-corrected chi connectivity index (χ4v) is 2.70. The summed E-state index contributed by atoms with van der Waals surface area (Å²) in [6.45, 7) is 6.72. The minimum Gasteiger partial charge on any atom is -0.396 e. The van der Waals surface area contributed by atoms with Gasteiger partial charge in [-0.05, 0) is 18.9 Å². The average molecular weight is 219 g/mol. The lowest BCUT2D eigenvalue weighted by Crippen LogP contribution is -2.29. The summed E-state index contributed by atoms with van der Waals surface area (Å²) in [4.78, 5) is 2.46. The molecule has 1 saturated heterocycles. The smallest absolute Gasteiger partial charge is 0.0497 e. The Labute approximate surface area is 97.9 Å². The second-order valence-electron chi connectivity index (χ2n) is 5.41. The van der Waals surface area contributed by atoms with Crippen molar-refractivity contribution in [1.29, 1.82) is 0 Å². The molecular weight excluding hydrogens is 198 g/mol. The van der Waals surface area contributed by atoms with Gasteiger partial charge in [0, 0.05) is 31.2 Å². The average Bonchev–Trinajstić information content (AvgIpc) is 2.57. The van der Waals surface area contributed by atoms with E-state index in [-0.39, 0.29) is 5.41 Å². The minimum absolute atomic E-state index is 0.0915. The van der Waals surface area contributed by atoms with Gasteiger partial charge < -0.3 is 5.11 Å². The van der Waals surface area contributed by atoms with Crippen molar-refractivity contribution in [3.8, 4) is 0 Å². The van der Waals surface area contributed by atoms with E-state index in [2.05, 4.69) is 49.1 Å². The van der Waals surface area contributed by atoms with E-state index >= 15 is 0 Å². The zero-order chi connectivity index (χ0) is 11.6. The molecule has 2 nitrogen and oxygen atoms in total. The van der Waals surface area contributed by atoms with Crippen molar-refractivity contribution in [2.45, 2.75) is 32.9 Å². The van der Waals surface area contributed by atoms with Crippen LogP contribution in [0.4, 0.5) is 0 Å². The molecule has 2 atom stereocenters. The predicted molar refractivity (Wildman–Crippen MR) is 66.1 cm³/mol. The third kappa shape index (κ3) is 2.45. The Hall–Kier alpha value is -0.860. The van der Waals surface area contributed by atoms with Crippen LogP contribution in [0.2, 0.25) is 0 Å². The highest BCUT2D eigenvalue weighted by atomic mass is 16.3. The summed E-state index contributed by atoms with van der Waals surface area (Å²) in [5.74, 6) is 0. The molecule has 1 aromatic rings. The van der Waals surface area contributed by atoms with E-state index in [0.29, 0.717) is 12.6 Å². The molecule has 1 aliphatic rings. The summed E-state index contributed by atoms with van der Waals surface area (Å²) >= 11 is 0. The number of hydrogen-bond donors (Lipinski definition) is 1. The van der Waals surface area contributed by atoms with Gasteiger partial charge in [-0.3, -0.25) is 4.90 Å². The number of rotatable bonds is 3. The summed E-state index contributed by atoms with van der Waals surface area (Å²) in [5, 5.41) is 9.40. The number of benzene rings is 1. The summed E-state index contributed by atoms with van der Waals surface area (Å²) in [7, 11) is 0. The number of aliphatic hydroxyl groups excluding tert-OH is 1. The molecule has 0 unspecified atom stereocenters. The molecule has 16 heavy (non-hydrogen) atoms. The van der Waals surface area contributed by atoms with Gasteiger partial charge in [-0.2, -0.15) is 0 Å². The first-order valence-electron chi connectivity index (χ1n) is 6.02. The highest BCUT2D eigenvalue weighted by Gasteiger charge is 2.37. The van der Waals surface area contributed by atoms with Crippen molar-refractivity contribution >= 4 is 0 Å². The lowest BCUT2D eigenvalue weighted by Gasteiger charge is -2.23. The van der Waals surface area contributed by atoms with E-state index in [9.17, 15) is 5.11 Å². The molecule has 1 heterocycles. The second kappa shape index (κ2) is 4.56. The number of hydrogen-bond acceptors (Lipinski definition) is 2. The maximum atomic E-state index is 9.40. The number of nitrogens with zero attached hydrogens (tertiary/aromatic N) is 1. The molecule has 0 radical (unpaired) electrons. The van der Waals surface area contributed by atoms with Gasteiger partial charge in [-0.25, -0.2) is 0 Å². The Kier molecular flexibility index (Phi) is 3.31. The van der Waals surface area contributed by atoms with Crippen molar-refractivity contribution in [3.63, 3.8) is 0 Å². The second-order valence-corrected chi connectivity index (χ2v) is 5.41. The van der Waals surface area contributed by atoms with Gasteiger partial charge in [-0.15, -0.1) is 0 Å². The molecule has 1 aromatic carbocycles. The molecule has 2 heteroatoms. The van der Waals surface area contributed by atoms with E-state index in [1.807, 2.05) is 0 Å². The monoisotopic (exact) mass is 219 g/mol. The SMILES string of the molecule is C[C@@H]1C[C@](C)(CO)CN1Cc1ccccc1. The van der Waals surface area contributed by atoms with Gasteiger partial charge in [0.15, 0.2) is 0 Å². The van der Waals surface area contributed by atoms with E-state index in [1.165, 1.54) is 5.56 Å². The van der Waals surface area contributed by atoms with Gasteiger partial charge in [-0.1, -0.05) is 37.3 Å². The van der Waals surface area contributed by atoms with Gasteiger partial charge >= 0.3 is 0 Å². The Morgan fingerprint density at radius 2 is 2.06 bits per heavy atom. The van der Waals surface area contributed by atoms with Crippen LogP contribution in [-0.2, 0) is 6.54 Å². The van der Waals surface area contributed by atoms with Gasteiger partial charge in [0.05, 0.1) is 0 Å². The molecule has 1 N–H and O–H groups in total. The van der Waals surface area contributed by atoms with Crippen LogP contribution >= 0.6 is 0 Å². The van der Waals surface area contributed by atoms with Crippen LogP contribution in [0.3, 0.4) is 0 Å². The molecule has 0 saturated carbocycles. The van der Waals surface area contributed by atoms with Crippen LogP contribution in [0.5, 0.6) is 0 Å². The summed E-state index contributed by atoms with van der Waals surface area (Å²) < 4.78 is 0. The van der Waals surface area contributed by atoms with Crippen molar-refractivity contribution in [1.82, 2.24) is 4.90 Å². The summed E-state index contributed by atoms with van der Waals surface area (Å²) in [6.07, 6.45) is 1.09. The Balaban J connectivity index is 2.02. The number of likely N-dealkylation sites (tertiary alicyclic amines) is 1. The molecule has 0 aliphatic carbocycles. The lowest BCUT2D eigenvalue weighted by atomic mass is 9.89. The zero-order valence-corrected chi connectivity index (χ0v) is 10.2. The van der Waals surface area contributed by atoms with E-state index in [4.69, 9.17) is 0 Å². The van der Waals surface area contributed by atoms with Crippen molar-refractivity contribution in [2.24, 2.45) is 5.41 Å². The molecule has 0 spiro atoms. The van der Waals surface area contributed by atoms with Crippen molar-refractivity contribution in [2.75, 3.05) is 13.2 Å². The largest absolute Gasteiger partial charge is 0.396 e. The topological polar surface area (TPSA) is 23.5 Å². The summed E-state index contributed by atoms with van der Waals surface area (Å²) in [5.41, 5.74) is 1.45. The van der Waals surface area contributed by atoms with Crippen molar-refractivity contribution < 1.29 is 5.11 Å². The van der Waals surface area contributed by atoms with Crippen LogP contribution in [0.15, 0.2) is 30.3 Å². The van der Waals surface area contributed by atoms with Crippen LogP contribution in [-0.4, -0.2) is 29.2 Å². The lowest BCUT2D eigenvalue weighted by molar-refractivity contribution is 0.143. The molecule has 0 bridgehead atoms. The highest BCUT2D eigenvalue weighted by molar-refractivity contribution is 5.15. The predicted octanol–water partition coefficient (Wildman–Crippen LogP) is 2.28. The number of aliphatic hydroxyl groups is 1. The third-order valence-electron chi connectivity index (χ3n) is 3.61. The standard InChI is InChI=1S/C14H21NO/c1-12-8-14(2,11-16)10-15(12)9-13-6-4-3-5-7-13/h3-7,12,16H,8-11H2,1-2H3/t12-,14+/m1/s1. The maximum Gasteiger partial charge on any atom is 0.0497 e. The van der Waals surface area contributed by atoms with Gasteiger partial charge in [0.2, 0.25) is 0 Å². The zero-order valence-electron chi connectivity index (χ0n) is 10.2. The van der Waals surface area contributed by atoms with Gasteiger partial charge in [0.25, 0.3) is 0 Å². The van der Waals surface area contributed by atoms with Crippen LogP contribution in [0.1, 0.15) is 25.8 Å². The Morgan fingerprint density at radius 3 is 2.62 bits per heavy atom. The van der Waals surface area contributed by atoms with E-state index < -0.39 is 0 Å². The first-order chi connectivity index (χ1) is 7.63. The van der Waals surface area contributed by atoms with Crippen molar-refractivity contribution in [3.05, 3.63) is 35.9 Å². The quantitative estimate of drug-likeness (QED) is 0.843. The molecule has 0 aromatic heterocycles. The maximum absolute atomic E-state index is 9.40. The van der Waals surface area contributed by atoms with E-state index in [0.717, 1.165) is 19.5 Å². The Bertz CT molecular complexity index is 338. The van der Waals surface area contributed by atoms with Crippen LogP contribution in [0.25, 0.3) is 0 Å². The highest BCUT2D eigenvalue weighted by Crippen LogP contribution is 2.34. The fourth-order valence-electron chi connectivity index (χ4n) is 2.70. The molecule has 1 fully saturated rings. The fraction of sp³-hybridized carbons (Fsp3) is 0.571. The molecule has 88 valence electrons. The molecular formula is C14H21NO. The first kappa shape index (κ1) is 11.6. The Morgan fingerprint density at radius 1 is 1.38 bits per heavy atom. The first-order valence-corrected chi connectivity index (χ1v) is 6.02. The normalized spacial score (nSPS) is 30.8. The third-order valence-corrected chi connectivity index (χ3v) is 3.61. The van der Waals surface area contributed by atoms with Crippen LogP contribution in [0, 0.1) is 5.41 Å². The molecule has 0 amide bonds. The summed E-state index contributed by atoms with van der Waals surface area (Å²) in [6, 6.07) is 11.1. The molecule has 1 aliphatic heterocycles. The van der Waals surface area contributed by atoms with Crippen LogP contribution < -0.4 is 0 Å². The van der Waals surface area contributed by atoms with Gasteiger partial charge in [0.1, 0.15) is 0 Å². The molecule has 2 rings (SSSR count). The van der Waals surface area contributed by atoms with E-state index in [1.54, 1.807) is 0 Å².